The molecule has 1 saturated heterocycles. The molecule has 2 heterocycles. The molecule has 1 aliphatic rings. The fourth-order valence-corrected chi connectivity index (χ4v) is 6.99. The molecule has 11 heteroatoms. The van der Waals surface area contributed by atoms with Crippen molar-refractivity contribution >= 4 is 27.1 Å². The molecular weight excluding hydrogens is 568 g/mol. The normalized spacial score (nSPS) is 16.4. The lowest BCUT2D eigenvalue weighted by Gasteiger charge is -2.37. The zero-order chi connectivity index (χ0) is 31.8. The predicted octanol–water partition coefficient (Wildman–Crippen LogP) is 6.22. The van der Waals surface area contributed by atoms with E-state index in [4.69, 9.17) is 13.7 Å². The van der Waals surface area contributed by atoms with Crippen molar-refractivity contribution in [3.63, 3.8) is 0 Å². The van der Waals surface area contributed by atoms with Crippen LogP contribution in [0.4, 0.5) is 4.79 Å². The minimum atomic E-state index is -4.34. The van der Waals surface area contributed by atoms with E-state index in [0.717, 1.165) is 18.7 Å². The molecule has 0 aliphatic carbocycles. The molecule has 1 fully saturated rings. The summed E-state index contributed by atoms with van der Waals surface area (Å²) in [4.78, 5) is 26.0. The van der Waals surface area contributed by atoms with Gasteiger partial charge in [0.1, 0.15) is 10.7 Å². The van der Waals surface area contributed by atoms with E-state index in [1.165, 1.54) is 13.2 Å². The van der Waals surface area contributed by atoms with Gasteiger partial charge in [-0.15, -0.1) is 0 Å². The highest BCUT2D eigenvalue weighted by atomic mass is 32.2. The summed E-state index contributed by atoms with van der Waals surface area (Å²) in [6, 6.07) is 6.98. The zero-order valence-electron chi connectivity index (χ0n) is 26.9. The summed E-state index contributed by atoms with van der Waals surface area (Å²) >= 11 is 0. The first-order chi connectivity index (χ1) is 20.1. The number of carbonyl (C=O) groups excluding carboxylic acids is 1. The molecule has 10 nitrogen and oxygen atoms in total. The predicted molar refractivity (Wildman–Crippen MR) is 167 cm³/mol. The maximum Gasteiger partial charge on any atom is 0.415 e. The molecule has 43 heavy (non-hydrogen) atoms. The van der Waals surface area contributed by atoms with Crippen molar-refractivity contribution in [2.24, 2.45) is 0 Å². The smallest absolute Gasteiger partial charge is 0.415 e. The number of carbonyl (C=O) groups is 1. The lowest BCUT2D eigenvalue weighted by Crippen LogP contribution is -2.53. The number of likely N-dealkylation sites (N-methyl/N-ethyl adjacent to an activating group) is 1. The highest BCUT2D eigenvalue weighted by molar-refractivity contribution is 7.87. The Morgan fingerprint density at radius 2 is 1.56 bits per heavy atom. The summed E-state index contributed by atoms with van der Waals surface area (Å²) in [5.41, 5.74) is 2.86. The summed E-state index contributed by atoms with van der Waals surface area (Å²) in [6.07, 6.45) is -0.519. The second-order valence-electron chi connectivity index (χ2n) is 12.3. The van der Waals surface area contributed by atoms with Crippen LogP contribution in [0, 0.1) is 6.92 Å². The molecule has 1 aliphatic heterocycles. The molecule has 234 valence electrons. The molecule has 4 rings (SSSR count). The first kappa shape index (κ1) is 32.5. The Labute approximate surface area is 255 Å². The Morgan fingerprint density at radius 1 is 0.930 bits per heavy atom. The molecule has 2 aromatic carbocycles. The summed E-state index contributed by atoms with van der Waals surface area (Å²) in [7, 11) is -0.862. The Hall–Kier alpha value is -3.44. The molecule has 0 spiro atoms. The first-order valence-electron chi connectivity index (χ1n) is 14.8. The van der Waals surface area contributed by atoms with E-state index in [0.29, 0.717) is 29.0 Å². The van der Waals surface area contributed by atoms with Gasteiger partial charge in [0, 0.05) is 31.7 Å². The highest BCUT2D eigenvalue weighted by Gasteiger charge is 2.31. The Bertz CT molecular complexity index is 1590. The number of piperazine rings is 1. The standard InChI is InChI=1S/C32H44N4O6S/c1-18(2)23-13-24(19(3)4)30(25(14-23)20(5)6)43(38,39)42-31-26-15-29(28(40-10)16-27(26)33-22(8)34-31)41-32(37)36-12-11-35(9)17-21(36)7/h13-16,18-21H,11-12,17H2,1-10H3/t21-/m0/s1. The van der Waals surface area contributed by atoms with Crippen LogP contribution in [0.5, 0.6) is 17.4 Å². The van der Waals surface area contributed by atoms with Crippen LogP contribution in [0.1, 0.15) is 88.7 Å². The Morgan fingerprint density at radius 3 is 2.09 bits per heavy atom. The third-order valence-corrected chi connectivity index (χ3v) is 9.19. The minimum absolute atomic E-state index is 0.0416. The van der Waals surface area contributed by atoms with Crippen LogP contribution in [-0.2, 0) is 10.1 Å². The van der Waals surface area contributed by atoms with E-state index in [9.17, 15) is 13.2 Å². The van der Waals surface area contributed by atoms with Crippen molar-refractivity contribution in [2.45, 2.75) is 84.1 Å². The summed E-state index contributed by atoms with van der Waals surface area (Å²) in [6.45, 7) is 17.7. The van der Waals surface area contributed by atoms with Crippen LogP contribution in [0.2, 0.25) is 0 Å². The maximum absolute atomic E-state index is 14.1. The number of rotatable bonds is 8. The average molecular weight is 613 g/mol. The van der Waals surface area contributed by atoms with E-state index < -0.39 is 16.2 Å². The van der Waals surface area contributed by atoms with Gasteiger partial charge in [-0.05, 0) is 61.4 Å². The zero-order valence-corrected chi connectivity index (χ0v) is 27.7. The second kappa shape index (κ2) is 12.7. The van der Waals surface area contributed by atoms with Crippen LogP contribution < -0.4 is 13.7 Å². The van der Waals surface area contributed by atoms with E-state index in [1.807, 2.05) is 53.8 Å². The maximum atomic E-state index is 14.1. The Kier molecular flexibility index (Phi) is 9.56. The van der Waals surface area contributed by atoms with Gasteiger partial charge < -0.3 is 23.5 Å². The number of aromatic nitrogens is 2. The quantitative estimate of drug-likeness (QED) is 0.274. The number of ether oxygens (including phenoxy) is 2. The van der Waals surface area contributed by atoms with E-state index in [2.05, 4.69) is 28.7 Å². The number of nitrogens with zero attached hydrogens (tertiary/aromatic N) is 4. The molecule has 0 bridgehead atoms. The third-order valence-electron chi connectivity index (χ3n) is 7.84. The van der Waals surface area contributed by atoms with Crippen molar-refractivity contribution in [3.8, 4) is 17.4 Å². The van der Waals surface area contributed by atoms with Gasteiger partial charge in [0.2, 0.25) is 5.88 Å². The number of methoxy groups -OCH3 is 1. The van der Waals surface area contributed by atoms with Gasteiger partial charge in [0.25, 0.3) is 0 Å². The van der Waals surface area contributed by atoms with Gasteiger partial charge in [-0.2, -0.15) is 13.4 Å². The van der Waals surface area contributed by atoms with E-state index >= 15 is 0 Å². The first-order valence-corrected chi connectivity index (χ1v) is 16.2. The van der Waals surface area contributed by atoms with Gasteiger partial charge in [-0.3, -0.25) is 0 Å². The van der Waals surface area contributed by atoms with Crippen LogP contribution in [-0.4, -0.2) is 74.1 Å². The highest BCUT2D eigenvalue weighted by Crippen LogP contribution is 2.39. The molecule has 1 amide bonds. The monoisotopic (exact) mass is 612 g/mol. The largest absolute Gasteiger partial charge is 0.493 e. The number of hydrogen-bond donors (Lipinski definition) is 0. The molecule has 0 radical (unpaired) electrons. The van der Waals surface area contributed by atoms with Gasteiger partial charge in [0.05, 0.1) is 18.0 Å². The summed E-state index contributed by atoms with van der Waals surface area (Å²) < 4.78 is 45.5. The molecule has 1 aromatic heterocycles. The fraction of sp³-hybridized carbons (Fsp3) is 0.531. The fourth-order valence-electron chi connectivity index (χ4n) is 5.41. The van der Waals surface area contributed by atoms with Gasteiger partial charge in [-0.1, -0.05) is 53.7 Å². The second-order valence-corrected chi connectivity index (χ2v) is 13.8. The molecule has 1 atom stereocenters. The lowest BCUT2D eigenvalue weighted by molar-refractivity contribution is 0.0886. The van der Waals surface area contributed by atoms with Crippen molar-refractivity contribution in [3.05, 3.63) is 46.8 Å². The molecule has 0 N–H and O–H groups in total. The Balaban J connectivity index is 1.82. The van der Waals surface area contributed by atoms with Gasteiger partial charge in [0.15, 0.2) is 11.5 Å². The van der Waals surface area contributed by atoms with Crippen molar-refractivity contribution < 1.29 is 26.9 Å². The SMILES string of the molecule is COc1cc2nc(C)nc(OS(=O)(=O)c3c(C(C)C)cc(C(C)C)cc3C(C)C)c2cc1OC(=O)N1CCN(C)C[C@@H]1C. The lowest BCUT2D eigenvalue weighted by atomic mass is 9.89. The van der Waals surface area contributed by atoms with Crippen LogP contribution in [0.25, 0.3) is 10.9 Å². The van der Waals surface area contributed by atoms with E-state index in [-0.39, 0.29) is 51.5 Å². The molecular formula is C32H44N4O6S. The van der Waals surface area contributed by atoms with Crippen molar-refractivity contribution in [2.75, 3.05) is 33.8 Å². The van der Waals surface area contributed by atoms with Gasteiger partial charge >= 0.3 is 16.2 Å². The number of fused-ring (bicyclic) bond motifs is 1. The third kappa shape index (κ3) is 6.88. The summed E-state index contributed by atoms with van der Waals surface area (Å²) in [5, 5.41) is 0.278. The van der Waals surface area contributed by atoms with Gasteiger partial charge in [-0.25, -0.2) is 9.78 Å². The molecule has 0 saturated carbocycles. The molecule has 3 aromatic rings. The topological polar surface area (TPSA) is 111 Å². The number of amides is 1. The number of hydrogen-bond acceptors (Lipinski definition) is 9. The minimum Gasteiger partial charge on any atom is -0.493 e. The number of aryl methyl sites for hydroxylation is 1. The van der Waals surface area contributed by atoms with Crippen LogP contribution in [0.3, 0.4) is 0 Å². The average Bonchev–Trinajstić information content (AvgIpc) is 2.91. The van der Waals surface area contributed by atoms with Crippen LogP contribution in [0.15, 0.2) is 29.2 Å². The van der Waals surface area contributed by atoms with Crippen molar-refractivity contribution in [1.82, 2.24) is 19.8 Å². The summed E-state index contributed by atoms with van der Waals surface area (Å²) in [5.74, 6) is 0.662. The molecule has 0 unspecified atom stereocenters. The van der Waals surface area contributed by atoms with Crippen molar-refractivity contribution in [1.29, 1.82) is 0 Å². The van der Waals surface area contributed by atoms with E-state index in [1.54, 1.807) is 17.9 Å². The van der Waals surface area contributed by atoms with Crippen LogP contribution >= 0.6 is 0 Å². The number of benzene rings is 2.